The van der Waals surface area contributed by atoms with Crippen molar-refractivity contribution < 1.29 is 0 Å². The first-order valence-corrected chi connectivity index (χ1v) is 8.11. The molecule has 0 amide bonds. The minimum absolute atomic E-state index is 0.600. The van der Waals surface area contributed by atoms with Gasteiger partial charge in [-0.2, -0.15) is 9.64 Å². The van der Waals surface area contributed by atoms with E-state index in [0.717, 1.165) is 22.1 Å². The van der Waals surface area contributed by atoms with Gasteiger partial charge in [-0.05, 0) is 24.1 Å². The Kier molecular flexibility index (Phi) is 5.12. The molecule has 0 aliphatic carbocycles. The number of aryl methyl sites for hydroxylation is 1. The summed E-state index contributed by atoms with van der Waals surface area (Å²) in [5.41, 5.74) is 0.266. The average molecular weight is 304 g/mol. The molecule has 0 aliphatic rings. The summed E-state index contributed by atoms with van der Waals surface area (Å²) in [6, 6.07) is 12.2. The van der Waals surface area contributed by atoms with Crippen LogP contribution in [0.25, 0.3) is 0 Å². The number of nitrogens with zero attached hydrogens (tertiary/aromatic N) is 3. The fourth-order valence-electron chi connectivity index (χ4n) is 1.79. The first-order valence-electron chi connectivity index (χ1n) is 6.35. The molecule has 0 aliphatic heterocycles. The summed E-state index contributed by atoms with van der Waals surface area (Å²) in [5, 5.41) is 12.7. The zero-order valence-corrected chi connectivity index (χ0v) is 13.1. The summed E-state index contributed by atoms with van der Waals surface area (Å²) in [5.74, 6) is 1.46. The summed E-state index contributed by atoms with van der Waals surface area (Å²) in [6.45, 7) is 2.04. The van der Waals surface area contributed by atoms with Gasteiger partial charge in [-0.3, -0.25) is 5.32 Å². The van der Waals surface area contributed by atoms with Crippen molar-refractivity contribution in [3.05, 3.63) is 41.7 Å². The van der Waals surface area contributed by atoms with E-state index in [2.05, 4.69) is 20.7 Å². The number of rotatable bonds is 6. The first kappa shape index (κ1) is 15.0. The Balaban J connectivity index is 2.16. The summed E-state index contributed by atoms with van der Waals surface area (Å²) in [7, 11) is 1.81. The van der Waals surface area contributed by atoms with Crippen molar-refractivity contribution in [3.63, 3.8) is 0 Å². The number of thioether (sulfide) groups is 1. The van der Waals surface area contributed by atoms with Gasteiger partial charge in [0, 0.05) is 12.2 Å². The molecular weight excluding hydrogens is 288 g/mol. The van der Waals surface area contributed by atoms with Gasteiger partial charge in [0.1, 0.15) is 11.4 Å². The van der Waals surface area contributed by atoms with Crippen LogP contribution in [-0.2, 0) is 12.0 Å². The van der Waals surface area contributed by atoms with E-state index in [4.69, 9.17) is 0 Å². The van der Waals surface area contributed by atoms with Crippen LogP contribution in [0, 0.1) is 11.3 Å². The smallest absolute Gasteiger partial charge is 0.170 e. The third-order valence-electron chi connectivity index (χ3n) is 3.06. The third kappa shape index (κ3) is 3.18. The van der Waals surface area contributed by atoms with E-state index in [1.807, 2.05) is 44.3 Å². The lowest BCUT2D eigenvalue weighted by atomic mass is 9.94. The summed E-state index contributed by atoms with van der Waals surface area (Å²) >= 11 is 2.96. The number of benzene rings is 1. The Morgan fingerprint density at radius 2 is 2.15 bits per heavy atom. The summed E-state index contributed by atoms with van der Waals surface area (Å²) in [4.78, 5) is 4.43. The van der Waals surface area contributed by atoms with Crippen LogP contribution in [0.2, 0.25) is 0 Å². The Hall–Kier alpha value is -1.42. The Labute approximate surface area is 127 Å². The second kappa shape index (κ2) is 6.84. The van der Waals surface area contributed by atoms with Crippen LogP contribution in [0.5, 0.6) is 0 Å². The number of nitriles is 1. The van der Waals surface area contributed by atoms with Gasteiger partial charge in [0.15, 0.2) is 4.34 Å². The van der Waals surface area contributed by atoms with Crippen LogP contribution in [0.1, 0.15) is 18.3 Å². The highest BCUT2D eigenvalue weighted by molar-refractivity contribution is 8.01. The van der Waals surface area contributed by atoms with Gasteiger partial charge in [-0.1, -0.05) is 49.0 Å². The number of hydrogen-bond acceptors (Lipinski definition) is 6. The minimum atomic E-state index is -0.704. The molecule has 2 aromatic rings. The van der Waals surface area contributed by atoms with Gasteiger partial charge in [0.2, 0.25) is 0 Å². The van der Waals surface area contributed by atoms with E-state index in [-0.39, 0.29) is 0 Å². The average Bonchev–Trinajstić information content (AvgIpc) is 2.98. The molecule has 0 saturated carbocycles. The zero-order chi connectivity index (χ0) is 14.4. The highest BCUT2D eigenvalue weighted by Crippen LogP contribution is 2.30. The lowest BCUT2D eigenvalue weighted by Crippen LogP contribution is -2.41. The van der Waals surface area contributed by atoms with Crippen LogP contribution in [-0.4, -0.2) is 22.2 Å². The maximum absolute atomic E-state index is 9.60. The van der Waals surface area contributed by atoms with Gasteiger partial charge in [-0.15, -0.1) is 0 Å². The molecule has 0 spiro atoms. The maximum atomic E-state index is 9.60. The predicted molar refractivity (Wildman–Crippen MR) is 82.8 cm³/mol. The predicted octanol–water partition coefficient (Wildman–Crippen LogP) is 2.83. The van der Waals surface area contributed by atoms with Crippen LogP contribution in [0.15, 0.2) is 34.7 Å². The molecule has 0 bridgehead atoms. The highest BCUT2D eigenvalue weighted by Gasteiger charge is 2.31. The molecule has 4 nitrogen and oxygen atoms in total. The van der Waals surface area contributed by atoms with Gasteiger partial charge < -0.3 is 0 Å². The molecule has 1 aromatic carbocycles. The van der Waals surface area contributed by atoms with E-state index in [0.29, 0.717) is 5.75 Å². The minimum Gasteiger partial charge on any atom is -0.298 e. The second-order valence-corrected chi connectivity index (χ2v) is 6.23. The fraction of sp³-hybridized carbons (Fsp3) is 0.357. The van der Waals surface area contributed by atoms with E-state index >= 15 is 0 Å². The van der Waals surface area contributed by atoms with Crippen molar-refractivity contribution in [1.29, 1.82) is 5.26 Å². The van der Waals surface area contributed by atoms with Crippen molar-refractivity contribution in [1.82, 2.24) is 14.7 Å². The maximum Gasteiger partial charge on any atom is 0.170 e. The monoisotopic (exact) mass is 304 g/mol. The number of nitrogens with one attached hydrogen (secondary N) is 1. The zero-order valence-electron chi connectivity index (χ0n) is 11.5. The number of hydrogen-bond donors (Lipinski definition) is 1. The van der Waals surface area contributed by atoms with Crippen molar-refractivity contribution in [2.45, 2.75) is 23.2 Å². The van der Waals surface area contributed by atoms with Crippen molar-refractivity contribution in [2.75, 3.05) is 12.8 Å². The van der Waals surface area contributed by atoms with Crippen molar-refractivity contribution in [2.24, 2.45) is 0 Å². The van der Waals surface area contributed by atoms with E-state index in [1.165, 1.54) is 11.5 Å². The van der Waals surface area contributed by atoms with E-state index in [1.54, 1.807) is 11.8 Å². The van der Waals surface area contributed by atoms with Gasteiger partial charge in [0.05, 0.1) is 6.07 Å². The van der Waals surface area contributed by atoms with Crippen LogP contribution < -0.4 is 5.32 Å². The molecule has 0 fully saturated rings. The second-order valence-electron chi connectivity index (χ2n) is 4.25. The van der Waals surface area contributed by atoms with Gasteiger partial charge in [-0.25, -0.2) is 4.98 Å². The third-order valence-corrected chi connectivity index (χ3v) is 5.10. The van der Waals surface area contributed by atoms with Crippen LogP contribution in [0.3, 0.4) is 0 Å². The standard InChI is InChI=1S/C14H16N4S2/c1-3-12-17-13(20-18-12)19-10-14(9-15,16-2)11-7-5-4-6-8-11/h4-8,16H,3,10H2,1-2H3. The molecule has 2 rings (SSSR count). The van der Waals surface area contributed by atoms with Gasteiger partial charge >= 0.3 is 0 Å². The molecule has 1 atom stereocenters. The largest absolute Gasteiger partial charge is 0.298 e. The Bertz CT molecular complexity index is 591. The molecular formula is C14H16N4S2. The normalized spacial score (nSPS) is 13.7. The molecule has 1 heterocycles. The summed E-state index contributed by atoms with van der Waals surface area (Å²) < 4.78 is 5.18. The van der Waals surface area contributed by atoms with Crippen molar-refractivity contribution >= 4 is 23.3 Å². The van der Waals surface area contributed by atoms with Crippen molar-refractivity contribution in [3.8, 4) is 6.07 Å². The molecule has 1 aromatic heterocycles. The SMILES string of the molecule is CCc1nsc(SCC(C#N)(NC)c2ccccc2)n1. The highest BCUT2D eigenvalue weighted by atomic mass is 32.2. The quantitative estimate of drug-likeness (QED) is 0.832. The van der Waals surface area contributed by atoms with Crippen LogP contribution in [0.4, 0.5) is 0 Å². The topological polar surface area (TPSA) is 61.6 Å². The van der Waals surface area contributed by atoms with E-state index in [9.17, 15) is 5.26 Å². The molecule has 20 heavy (non-hydrogen) atoms. The number of aromatic nitrogens is 2. The van der Waals surface area contributed by atoms with Crippen LogP contribution >= 0.6 is 23.3 Å². The molecule has 104 valence electrons. The Morgan fingerprint density at radius 1 is 1.40 bits per heavy atom. The van der Waals surface area contributed by atoms with E-state index < -0.39 is 5.54 Å². The van der Waals surface area contributed by atoms with Gasteiger partial charge in [0.25, 0.3) is 0 Å². The molecule has 1 N–H and O–H groups in total. The lowest BCUT2D eigenvalue weighted by Gasteiger charge is -2.25. The first-order chi connectivity index (χ1) is 9.74. The molecule has 0 radical (unpaired) electrons. The lowest BCUT2D eigenvalue weighted by molar-refractivity contribution is 0.528. The Morgan fingerprint density at radius 3 is 2.70 bits per heavy atom. The molecule has 0 saturated heterocycles. The molecule has 6 heteroatoms. The fourth-order valence-corrected chi connectivity index (χ4v) is 3.67. The summed E-state index contributed by atoms with van der Waals surface area (Å²) in [6.07, 6.45) is 0.838. The molecule has 1 unspecified atom stereocenters.